The SMILES string of the molecule is CCc1cccc(OCCn2cnc3c(cnn3-c3ccccc3)c2=O)c1. The van der Waals surface area contributed by atoms with E-state index in [0.717, 1.165) is 17.9 Å². The first-order valence-electron chi connectivity index (χ1n) is 8.96. The van der Waals surface area contributed by atoms with E-state index in [-0.39, 0.29) is 5.56 Å². The van der Waals surface area contributed by atoms with Gasteiger partial charge < -0.3 is 4.74 Å². The predicted octanol–water partition coefficient (Wildman–Crippen LogP) is 3.22. The van der Waals surface area contributed by atoms with Gasteiger partial charge in [-0.15, -0.1) is 0 Å². The fourth-order valence-electron chi connectivity index (χ4n) is 2.98. The molecular formula is C21H20N4O2. The monoisotopic (exact) mass is 360 g/mol. The molecule has 0 bridgehead atoms. The highest BCUT2D eigenvalue weighted by Gasteiger charge is 2.11. The van der Waals surface area contributed by atoms with Crippen LogP contribution < -0.4 is 10.3 Å². The molecule has 2 heterocycles. The zero-order valence-corrected chi connectivity index (χ0v) is 15.1. The summed E-state index contributed by atoms with van der Waals surface area (Å²) in [4.78, 5) is 17.2. The van der Waals surface area contributed by atoms with Crippen molar-refractivity contribution in [1.82, 2.24) is 19.3 Å². The van der Waals surface area contributed by atoms with Gasteiger partial charge in [0.05, 0.1) is 18.4 Å². The van der Waals surface area contributed by atoms with E-state index in [2.05, 4.69) is 23.1 Å². The second-order valence-electron chi connectivity index (χ2n) is 6.22. The molecule has 6 nitrogen and oxygen atoms in total. The van der Waals surface area contributed by atoms with Crippen LogP contribution in [0.3, 0.4) is 0 Å². The molecule has 6 heteroatoms. The third kappa shape index (κ3) is 3.46. The number of hydrogen-bond donors (Lipinski definition) is 0. The first-order valence-corrected chi connectivity index (χ1v) is 8.96. The van der Waals surface area contributed by atoms with Crippen molar-refractivity contribution in [3.63, 3.8) is 0 Å². The Hall–Kier alpha value is -3.41. The molecule has 0 spiro atoms. The molecule has 4 rings (SSSR count). The summed E-state index contributed by atoms with van der Waals surface area (Å²) >= 11 is 0. The summed E-state index contributed by atoms with van der Waals surface area (Å²) in [6.45, 7) is 2.93. The minimum Gasteiger partial charge on any atom is -0.492 e. The minimum atomic E-state index is -0.118. The maximum absolute atomic E-state index is 12.7. The Kier molecular flexibility index (Phi) is 4.70. The molecule has 2 aromatic heterocycles. The van der Waals surface area contributed by atoms with Gasteiger partial charge >= 0.3 is 0 Å². The number of ether oxygens (including phenoxy) is 1. The van der Waals surface area contributed by atoms with Gasteiger partial charge in [0.15, 0.2) is 5.65 Å². The molecule has 0 aliphatic heterocycles. The molecule has 0 aliphatic rings. The van der Waals surface area contributed by atoms with Crippen LogP contribution in [0.4, 0.5) is 0 Å². The predicted molar refractivity (Wildman–Crippen MR) is 104 cm³/mol. The van der Waals surface area contributed by atoms with Crippen LogP contribution in [0.5, 0.6) is 5.75 Å². The van der Waals surface area contributed by atoms with Crippen molar-refractivity contribution in [3.8, 4) is 11.4 Å². The standard InChI is InChI=1S/C21H20N4O2/c1-2-16-7-6-10-18(13-16)27-12-11-24-15-22-20-19(21(24)26)14-23-25(20)17-8-4-3-5-9-17/h3-10,13-15H,2,11-12H2,1H3. The molecule has 0 atom stereocenters. The highest BCUT2D eigenvalue weighted by molar-refractivity contribution is 5.74. The lowest BCUT2D eigenvalue weighted by atomic mass is 10.2. The molecule has 0 saturated heterocycles. The zero-order valence-electron chi connectivity index (χ0n) is 15.1. The number of aryl methyl sites for hydroxylation is 1. The van der Waals surface area contributed by atoms with Crippen molar-refractivity contribution >= 4 is 11.0 Å². The van der Waals surface area contributed by atoms with E-state index in [0.29, 0.717) is 24.2 Å². The summed E-state index contributed by atoms with van der Waals surface area (Å²) in [7, 11) is 0. The molecule has 0 aliphatic carbocycles. The highest BCUT2D eigenvalue weighted by atomic mass is 16.5. The zero-order chi connectivity index (χ0) is 18.6. The minimum absolute atomic E-state index is 0.118. The van der Waals surface area contributed by atoms with Gasteiger partial charge in [0, 0.05) is 0 Å². The van der Waals surface area contributed by atoms with Gasteiger partial charge in [-0.3, -0.25) is 9.36 Å². The lowest BCUT2D eigenvalue weighted by molar-refractivity contribution is 0.296. The first kappa shape index (κ1) is 17.0. The molecule has 0 saturated carbocycles. The van der Waals surface area contributed by atoms with Gasteiger partial charge in [-0.1, -0.05) is 37.3 Å². The molecule has 4 aromatic rings. The van der Waals surface area contributed by atoms with Crippen LogP contribution in [-0.4, -0.2) is 25.9 Å². The van der Waals surface area contributed by atoms with Crippen molar-refractivity contribution in [2.24, 2.45) is 0 Å². The number of hydrogen-bond acceptors (Lipinski definition) is 4. The number of aromatic nitrogens is 4. The van der Waals surface area contributed by atoms with Crippen LogP contribution in [0.2, 0.25) is 0 Å². The molecule has 0 unspecified atom stereocenters. The Morgan fingerprint density at radius 1 is 1.07 bits per heavy atom. The lowest BCUT2D eigenvalue weighted by Crippen LogP contribution is -2.23. The molecule has 136 valence electrons. The Labute approximate surface area is 156 Å². The normalized spacial score (nSPS) is 11.0. The average molecular weight is 360 g/mol. The number of nitrogens with zero attached hydrogens (tertiary/aromatic N) is 4. The third-order valence-electron chi connectivity index (χ3n) is 4.46. The Bertz CT molecular complexity index is 1120. The van der Waals surface area contributed by atoms with Crippen molar-refractivity contribution < 1.29 is 4.74 Å². The largest absolute Gasteiger partial charge is 0.492 e. The van der Waals surface area contributed by atoms with Gasteiger partial charge in [-0.05, 0) is 36.2 Å². The molecule has 27 heavy (non-hydrogen) atoms. The molecule has 0 fully saturated rings. The van der Waals surface area contributed by atoms with Crippen LogP contribution in [0.25, 0.3) is 16.7 Å². The quantitative estimate of drug-likeness (QED) is 0.530. The van der Waals surface area contributed by atoms with Crippen molar-refractivity contribution in [2.45, 2.75) is 19.9 Å². The summed E-state index contributed by atoms with van der Waals surface area (Å²) in [5.41, 5.74) is 2.53. The Morgan fingerprint density at radius 2 is 1.93 bits per heavy atom. The third-order valence-corrected chi connectivity index (χ3v) is 4.46. The summed E-state index contributed by atoms with van der Waals surface area (Å²) in [5.74, 6) is 0.813. The summed E-state index contributed by atoms with van der Waals surface area (Å²) in [5, 5.41) is 4.82. The molecule has 2 aromatic carbocycles. The lowest BCUT2D eigenvalue weighted by Gasteiger charge is -2.09. The van der Waals surface area contributed by atoms with Crippen molar-refractivity contribution in [1.29, 1.82) is 0 Å². The first-order chi connectivity index (χ1) is 13.3. The average Bonchev–Trinajstić information content (AvgIpc) is 3.15. The fraction of sp³-hybridized carbons (Fsp3) is 0.190. The van der Waals surface area contributed by atoms with E-state index in [9.17, 15) is 4.79 Å². The second kappa shape index (κ2) is 7.45. The molecule has 0 amide bonds. The van der Waals surface area contributed by atoms with Crippen molar-refractivity contribution in [2.75, 3.05) is 6.61 Å². The summed E-state index contributed by atoms with van der Waals surface area (Å²) in [6, 6.07) is 17.6. The van der Waals surface area contributed by atoms with Gasteiger partial charge in [-0.25, -0.2) is 9.67 Å². The number of para-hydroxylation sites is 1. The van der Waals surface area contributed by atoms with Gasteiger partial charge in [-0.2, -0.15) is 5.10 Å². The number of rotatable bonds is 6. The molecule has 0 radical (unpaired) electrons. The Morgan fingerprint density at radius 3 is 2.74 bits per heavy atom. The second-order valence-corrected chi connectivity index (χ2v) is 6.22. The number of fused-ring (bicyclic) bond motifs is 1. The van der Waals surface area contributed by atoms with Crippen LogP contribution in [-0.2, 0) is 13.0 Å². The summed E-state index contributed by atoms with van der Waals surface area (Å²) in [6.07, 6.45) is 4.08. The Balaban J connectivity index is 1.53. The topological polar surface area (TPSA) is 61.9 Å². The van der Waals surface area contributed by atoms with Gasteiger partial charge in [0.1, 0.15) is 24.1 Å². The van der Waals surface area contributed by atoms with Gasteiger partial charge in [0.25, 0.3) is 5.56 Å². The number of benzene rings is 2. The highest BCUT2D eigenvalue weighted by Crippen LogP contribution is 2.14. The van der Waals surface area contributed by atoms with E-state index in [1.165, 1.54) is 5.56 Å². The van der Waals surface area contributed by atoms with E-state index in [4.69, 9.17) is 4.74 Å². The van der Waals surface area contributed by atoms with Crippen LogP contribution >= 0.6 is 0 Å². The van der Waals surface area contributed by atoms with Crippen LogP contribution in [0, 0.1) is 0 Å². The van der Waals surface area contributed by atoms with Crippen molar-refractivity contribution in [3.05, 3.63) is 83.0 Å². The molecule has 0 N–H and O–H groups in total. The summed E-state index contributed by atoms with van der Waals surface area (Å²) < 4.78 is 9.02. The van der Waals surface area contributed by atoms with Gasteiger partial charge in [0.2, 0.25) is 0 Å². The maximum Gasteiger partial charge on any atom is 0.264 e. The van der Waals surface area contributed by atoms with Crippen LogP contribution in [0.15, 0.2) is 71.9 Å². The van der Waals surface area contributed by atoms with E-state index in [1.807, 2.05) is 48.5 Å². The van der Waals surface area contributed by atoms with E-state index in [1.54, 1.807) is 21.8 Å². The van der Waals surface area contributed by atoms with Crippen LogP contribution in [0.1, 0.15) is 12.5 Å². The molecular weight excluding hydrogens is 340 g/mol. The smallest absolute Gasteiger partial charge is 0.264 e. The maximum atomic E-state index is 12.7. The van der Waals surface area contributed by atoms with E-state index < -0.39 is 0 Å². The fourth-order valence-corrected chi connectivity index (χ4v) is 2.98. The van der Waals surface area contributed by atoms with E-state index >= 15 is 0 Å².